The lowest BCUT2D eigenvalue weighted by molar-refractivity contribution is 0.274. The Kier molecular flexibility index (Phi) is 4.39. The van der Waals surface area contributed by atoms with E-state index in [2.05, 4.69) is 54.5 Å². The van der Waals surface area contributed by atoms with E-state index in [0.717, 1.165) is 24.1 Å². The van der Waals surface area contributed by atoms with Crippen LogP contribution in [0.5, 0.6) is 0 Å². The SMILES string of the molecule is C=C(C#CC1(F)CCN(c2cccc3ccccc23)C1)CCC. The maximum atomic E-state index is 15.0. The van der Waals surface area contributed by atoms with Crippen LogP contribution in [0.4, 0.5) is 10.1 Å². The molecule has 1 saturated heterocycles. The number of hydrogen-bond acceptors (Lipinski definition) is 1. The quantitative estimate of drug-likeness (QED) is 0.712. The third-order valence-electron chi connectivity index (χ3n) is 4.34. The second kappa shape index (κ2) is 6.46. The van der Waals surface area contributed by atoms with Gasteiger partial charge in [0.25, 0.3) is 0 Å². The molecule has 3 rings (SSSR count). The summed E-state index contributed by atoms with van der Waals surface area (Å²) in [4.78, 5) is 2.11. The van der Waals surface area contributed by atoms with Crippen molar-refractivity contribution in [1.29, 1.82) is 0 Å². The molecule has 0 amide bonds. The summed E-state index contributed by atoms with van der Waals surface area (Å²) in [5.41, 5.74) is 0.484. The van der Waals surface area contributed by atoms with E-state index in [-0.39, 0.29) is 0 Å². The lowest BCUT2D eigenvalue weighted by Crippen LogP contribution is -2.27. The normalized spacial score (nSPS) is 20.3. The summed E-state index contributed by atoms with van der Waals surface area (Å²) in [6.45, 7) is 7.00. The van der Waals surface area contributed by atoms with Gasteiger partial charge in [-0.3, -0.25) is 0 Å². The Labute approximate surface area is 137 Å². The van der Waals surface area contributed by atoms with Crippen molar-refractivity contribution in [3.63, 3.8) is 0 Å². The molecule has 0 saturated carbocycles. The van der Waals surface area contributed by atoms with Gasteiger partial charge in [-0.1, -0.05) is 68.2 Å². The van der Waals surface area contributed by atoms with Gasteiger partial charge in [0.1, 0.15) is 0 Å². The lowest BCUT2D eigenvalue weighted by Gasteiger charge is -2.21. The summed E-state index contributed by atoms with van der Waals surface area (Å²) < 4.78 is 15.0. The monoisotopic (exact) mass is 307 g/mol. The van der Waals surface area contributed by atoms with E-state index in [1.54, 1.807) is 0 Å². The predicted molar refractivity (Wildman–Crippen MR) is 96.4 cm³/mol. The van der Waals surface area contributed by atoms with E-state index in [0.29, 0.717) is 19.5 Å². The predicted octanol–water partition coefficient (Wildman–Crippen LogP) is 5.12. The number of benzene rings is 2. The smallest absolute Gasteiger partial charge is 0.190 e. The molecule has 0 spiro atoms. The van der Waals surface area contributed by atoms with Gasteiger partial charge in [0.05, 0.1) is 6.54 Å². The van der Waals surface area contributed by atoms with E-state index in [1.807, 2.05) is 18.2 Å². The standard InChI is InChI=1S/C21H22FN/c1-3-7-17(2)12-13-21(22)14-15-23(16-21)20-11-6-9-18-8-4-5-10-19(18)20/h4-6,8-11H,2-3,7,14-16H2,1H3. The summed E-state index contributed by atoms with van der Waals surface area (Å²) in [6, 6.07) is 14.4. The van der Waals surface area contributed by atoms with Crippen LogP contribution in [0.2, 0.25) is 0 Å². The number of alkyl halides is 1. The molecule has 118 valence electrons. The first kappa shape index (κ1) is 15.6. The first-order valence-electron chi connectivity index (χ1n) is 8.24. The molecule has 1 unspecified atom stereocenters. The highest BCUT2D eigenvalue weighted by atomic mass is 19.1. The summed E-state index contributed by atoms with van der Waals surface area (Å²) in [7, 11) is 0. The fraction of sp³-hybridized carbons (Fsp3) is 0.333. The van der Waals surface area contributed by atoms with Gasteiger partial charge in [-0.25, -0.2) is 4.39 Å². The molecule has 2 aromatic rings. The number of hydrogen-bond donors (Lipinski definition) is 0. The minimum absolute atomic E-state index is 0.327. The molecule has 23 heavy (non-hydrogen) atoms. The van der Waals surface area contributed by atoms with Crippen molar-refractivity contribution in [3.8, 4) is 11.8 Å². The van der Waals surface area contributed by atoms with E-state index in [1.165, 1.54) is 10.8 Å². The lowest BCUT2D eigenvalue weighted by atomic mass is 10.0. The zero-order valence-electron chi connectivity index (χ0n) is 13.6. The van der Waals surface area contributed by atoms with Crippen molar-refractivity contribution in [3.05, 3.63) is 54.6 Å². The molecule has 1 aliphatic rings. The molecule has 1 nitrogen and oxygen atoms in total. The molecule has 1 aliphatic heterocycles. The van der Waals surface area contributed by atoms with E-state index in [9.17, 15) is 4.39 Å². The maximum Gasteiger partial charge on any atom is 0.190 e. The van der Waals surface area contributed by atoms with E-state index < -0.39 is 5.67 Å². The number of rotatable bonds is 3. The number of fused-ring (bicyclic) bond motifs is 1. The summed E-state index contributed by atoms with van der Waals surface area (Å²) in [6.07, 6.45) is 2.29. The van der Waals surface area contributed by atoms with Crippen molar-refractivity contribution in [2.24, 2.45) is 0 Å². The highest BCUT2D eigenvalue weighted by molar-refractivity contribution is 5.94. The third-order valence-corrected chi connectivity index (χ3v) is 4.34. The van der Waals surface area contributed by atoms with Gasteiger partial charge in [0.2, 0.25) is 0 Å². The first-order chi connectivity index (χ1) is 11.1. The molecule has 0 radical (unpaired) electrons. The molecule has 0 aromatic heterocycles. The average molecular weight is 307 g/mol. The van der Waals surface area contributed by atoms with E-state index >= 15 is 0 Å². The molecular weight excluding hydrogens is 285 g/mol. The fourth-order valence-electron chi connectivity index (χ4n) is 3.13. The van der Waals surface area contributed by atoms with Crippen LogP contribution in [0.3, 0.4) is 0 Å². The second-order valence-corrected chi connectivity index (χ2v) is 6.24. The van der Waals surface area contributed by atoms with Gasteiger partial charge in [0.15, 0.2) is 5.67 Å². The molecular formula is C21H22FN. The Hall–Kier alpha value is -2.27. The molecule has 1 atom stereocenters. The van der Waals surface area contributed by atoms with Crippen molar-refractivity contribution in [2.75, 3.05) is 18.0 Å². The Morgan fingerprint density at radius 3 is 2.87 bits per heavy atom. The van der Waals surface area contributed by atoms with Gasteiger partial charge in [-0.2, -0.15) is 0 Å². The second-order valence-electron chi connectivity index (χ2n) is 6.24. The Morgan fingerprint density at radius 2 is 2.04 bits per heavy atom. The number of anilines is 1. The Bertz CT molecular complexity index is 778. The van der Waals surface area contributed by atoms with Crippen LogP contribution < -0.4 is 4.90 Å². The van der Waals surface area contributed by atoms with Crippen LogP contribution in [-0.2, 0) is 0 Å². The molecule has 0 aliphatic carbocycles. The molecule has 1 fully saturated rings. The minimum Gasteiger partial charge on any atom is -0.367 e. The van der Waals surface area contributed by atoms with Crippen LogP contribution >= 0.6 is 0 Å². The largest absolute Gasteiger partial charge is 0.367 e. The zero-order valence-corrected chi connectivity index (χ0v) is 13.6. The van der Waals surface area contributed by atoms with Gasteiger partial charge in [-0.15, -0.1) is 0 Å². The third kappa shape index (κ3) is 3.40. The number of halogens is 1. The highest BCUT2D eigenvalue weighted by Crippen LogP contribution is 2.33. The first-order valence-corrected chi connectivity index (χ1v) is 8.24. The molecule has 0 N–H and O–H groups in total. The molecule has 2 aromatic carbocycles. The van der Waals surface area contributed by atoms with Crippen LogP contribution in [0.15, 0.2) is 54.6 Å². The zero-order chi connectivity index (χ0) is 16.3. The van der Waals surface area contributed by atoms with Crippen molar-refractivity contribution in [1.82, 2.24) is 0 Å². The molecule has 0 bridgehead atoms. The highest BCUT2D eigenvalue weighted by Gasteiger charge is 2.37. The van der Waals surface area contributed by atoms with Crippen molar-refractivity contribution < 1.29 is 4.39 Å². The molecule has 2 heteroatoms. The van der Waals surface area contributed by atoms with Gasteiger partial charge in [-0.05, 0) is 23.4 Å². The van der Waals surface area contributed by atoms with Crippen molar-refractivity contribution in [2.45, 2.75) is 31.9 Å². The fourth-order valence-corrected chi connectivity index (χ4v) is 3.13. The van der Waals surface area contributed by atoms with Crippen LogP contribution in [0, 0.1) is 11.8 Å². The van der Waals surface area contributed by atoms with Crippen LogP contribution in [-0.4, -0.2) is 18.8 Å². The number of allylic oxidation sites excluding steroid dienone is 1. The molecule has 1 heterocycles. The Morgan fingerprint density at radius 1 is 1.26 bits per heavy atom. The topological polar surface area (TPSA) is 3.24 Å². The summed E-state index contributed by atoms with van der Waals surface area (Å²) in [5, 5.41) is 2.35. The number of nitrogens with zero attached hydrogens (tertiary/aromatic N) is 1. The van der Waals surface area contributed by atoms with Crippen LogP contribution in [0.1, 0.15) is 26.2 Å². The summed E-state index contributed by atoms with van der Waals surface area (Å²) in [5.74, 6) is 5.76. The Balaban J connectivity index is 1.83. The van der Waals surface area contributed by atoms with Gasteiger partial charge < -0.3 is 4.90 Å². The minimum atomic E-state index is -1.44. The average Bonchev–Trinajstić information content (AvgIpc) is 2.95. The van der Waals surface area contributed by atoms with Crippen molar-refractivity contribution >= 4 is 16.5 Å². The van der Waals surface area contributed by atoms with Gasteiger partial charge in [0, 0.05) is 24.0 Å². The van der Waals surface area contributed by atoms with Gasteiger partial charge >= 0.3 is 0 Å². The summed E-state index contributed by atoms with van der Waals surface area (Å²) >= 11 is 0. The van der Waals surface area contributed by atoms with E-state index in [4.69, 9.17) is 0 Å². The maximum absolute atomic E-state index is 15.0. The van der Waals surface area contributed by atoms with Crippen LogP contribution in [0.25, 0.3) is 10.8 Å².